The van der Waals surface area contributed by atoms with Gasteiger partial charge in [0.2, 0.25) is 0 Å². The van der Waals surface area contributed by atoms with Gasteiger partial charge in [0.05, 0.1) is 0 Å². The molecular weight excluding hydrogens is 240 g/mol. The maximum atomic E-state index is 12.3. The normalized spacial score (nSPS) is 15.3. The van der Waals surface area contributed by atoms with Gasteiger partial charge < -0.3 is 15.7 Å². The summed E-state index contributed by atoms with van der Waals surface area (Å²) in [5, 5.41) is 15.1. The summed E-state index contributed by atoms with van der Waals surface area (Å²) in [6, 6.07) is 5.93. The molecule has 0 saturated heterocycles. The molecule has 2 rings (SSSR count). The summed E-state index contributed by atoms with van der Waals surface area (Å²) in [4.78, 5) is 12.3. The van der Waals surface area contributed by atoms with Crippen molar-refractivity contribution in [1.29, 1.82) is 0 Å². The lowest BCUT2D eigenvalue weighted by molar-refractivity contribution is 0.0935. The van der Waals surface area contributed by atoms with Crippen LogP contribution in [0.15, 0.2) is 18.2 Å². The van der Waals surface area contributed by atoms with Gasteiger partial charge in [-0.25, -0.2) is 0 Å². The van der Waals surface area contributed by atoms with E-state index in [1.54, 1.807) is 0 Å². The van der Waals surface area contributed by atoms with Crippen LogP contribution in [0.25, 0.3) is 0 Å². The number of carbonyl (C=O) groups excluding carboxylic acids is 1. The lowest BCUT2D eigenvalue weighted by Gasteiger charge is -2.21. The van der Waals surface area contributed by atoms with E-state index in [2.05, 4.69) is 10.6 Å². The molecule has 104 valence electrons. The minimum Gasteiger partial charge on any atom is -0.396 e. The Bertz CT molecular complexity index is 446. The molecule has 19 heavy (non-hydrogen) atoms. The van der Waals surface area contributed by atoms with Gasteiger partial charge in [0, 0.05) is 30.4 Å². The van der Waals surface area contributed by atoms with Gasteiger partial charge in [0.25, 0.3) is 5.91 Å². The first-order valence-electron chi connectivity index (χ1n) is 7.00. The minimum atomic E-state index is -0.00834. The summed E-state index contributed by atoms with van der Waals surface area (Å²) >= 11 is 0. The van der Waals surface area contributed by atoms with E-state index < -0.39 is 0 Å². The number of amides is 1. The number of aliphatic hydroxyl groups excluding tert-OH is 1. The van der Waals surface area contributed by atoms with E-state index in [0.717, 1.165) is 49.0 Å². The quantitative estimate of drug-likeness (QED) is 0.760. The largest absolute Gasteiger partial charge is 0.396 e. The van der Waals surface area contributed by atoms with Gasteiger partial charge in [-0.2, -0.15) is 0 Å². The number of fused-ring (bicyclic) bond motifs is 1. The highest BCUT2D eigenvalue weighted by molar-refractivity contribution is 5.97. The Morgan fingerprint density at radius 3 is 3.16 bits per heavy atom. The molecule has 0 spiro atoms. The van der Waals surface area contributed by atoms with Gasteiger partial charge in [-0.1, -0.05) is 6.07 Å². The fourth-order valence-corrected chi connectivity index (χ4v) is 2.49. The van der Waals surface area contributed by atoms with Crippen LogP contribution in [0.5, 0.6) is 0 Å². The zero-order chi connectivity index (χ0) is 13.7. The van der Waals surface area contributed by atoms with E-state index in [1.165, 1.54) is 0 Å². The summed E-state index contributed by atoms with van der Waals surface area (Å²) in [6.07, 6.45) is 3.54. The fourth-order valence-electron chi connectivity index (χ4n) is 2.49. The van der Waals surface area contributed by atoms with Crippen LogP contribution < -0.4 is 10.6 Å². The smallest absolute Gasteiger partial charge is 0.251 e. The van der Waals surface area contributed by atoms with Gasteiger partial charge in [0.1, 0.15) is 0 Å². The second-order valence-corrected chi connectivity index (χ2v) is 5.10. The first kappa shape index (κ1) is 13.9. The van der Waals surface area contributed by atoms with E-state index in [0.29, 0.717) is 0 Å². The van der Waals surface area contributed by atoms with Crippen molar-refractivity contribution in [2.75, 3.05) is 18.5 Å². The van der Waals surface area contributed by atoms with Crippen LogP contribution in [0.4, 0.5) is 5.69 Å². The molecule has 1 unspecified atom stereocenters. The van der Waals surface area contributed by atoms with Crippen LogP contribution in [0.1, 0.15) is 42.1 Å². The number of hydrogen-bond donors (Lipinski definition) is 3. The Labute approximate surface area is 114 Å². The molecule has 0 radical (unpaired) electrons. The topological polar surface area (TPSA) is 61.4 Å². The molecule has 0 aliphatic carbocycles. The highest BCUT2D eigenvalue weighted by atomic mass is 16.3. The second-order valence-electron chi connectivity index (χ2n) is 5.10. The number of aliphatic hydroxyl groups is 1. The van der Waals surface area contributed by atoms with Crippen LogP contribution in [-0.4, -0.2) is 30.2 Å². The molecule has 4 heteroatoms. The predicted molar refractivity (Wildman–Crippen MR) is 76.5 cm³/mol. The molecule has 0 fully saturated rings. The van der Waals surface area contributed by atoms with Crippen molar-refractivity contribution in [3.63, 3.8) is 0 Å². The SMILES string of the molecule is CC(CCCO)NC(=O)c1cccc2c1CCCN2. The predicted octanol–water partition coefficient (Wildman–Crippen LogP) is 1.94. The molecule has 1 amide bonds. The Kier molecular flexibility index (Phi) is 4.80. The van der Waals surface area contributed by atoms with Crippen molar-refractivity contribution in [2.24, 2.45) is 0 Å². The van der Waals surface area contributed by atoms with Crippen molar-refractivity contribution in [2.45, 2.75) is 38.6 Å². The van der Waals surface area contributed by atoms with Crippen molar-refractivity contribution in [1.82, 2.24) is 5.32 Å². The molecule has 1 heterocycles. The van der Waals surface area contributed by atoms with Crippen molar-refractivity contribution < 1.29 is 9.90 Å². The van der Waals surface area contributed by atoms with E-state index in [4.69, 9.17) is 5.11 Å². The third-order valence-corrected chi connectivity index (χ3v) is 3.51. The van der Waals surface area contributed by atoms with Gasteiger partial charge in [-0.3, -0.25) is 4.79 Å². The van der Waals surface area contributed by atoms with Gasteiger partial charge in [0.15, 0.2) is 0 Å². The molecule has 1 aliphatic rings. The van der Waals surface area contributed by atoms with E-state index in [-0.39, 0.29) is 18.6 Å². The van der Waals surface area contributed by atoms with Crippen molar-refractivity contribution in [3.05, 3.63) is 29.3 Å². The zero-order valence-corrected chi connectivity index (χ0v) is 11.4. The Morgan fingerprint density at radius 2 is 2.37 bits per heavy atom. The Hall–Kier alpha value is -1.55. The number of benzene rings is 1. The average molecular weight is 262 g/mol. The van der Waals surface area contributed by atoms with Crippen LogP contribution in [0.2, 0.25) is 0 Å². The monoisotopic (exact) mass is 262 g/mol. The number of carbonyl (C=O) groups is 1. The van der Waals surface area contributed by atoms with Crippen molar-refractivity contribution >= 4 is 11.6 Å². The maximum Gasteiger partial charge on any atom is 0.251 e. The van der Waals surface area contributed by atoms with Gasteiger partial charge >= 0.3 is 0 Å². The number of rotatable bonds is 5. The second kappa shape index (κ2) is 6.57. The summed E-state index contributed by atoms with van der Waals surface area (Å²) in [6.45, 7) is 3.12. The molecule has 0 aromatic heterocycles. The zero-order valence-electron chi connectivity index (χ0n) is 11.4. The van der Waals surface area contributed by atoms with Crippen LogP contribution in [0, 0.1) is 0 Å². The maximum absolute atomic E-state index is 12.3. The minimum absolute atomic E-state index is 0.00834. The lowest BCUT2D eigenvalue weighted by atomic mass is 9.97. The first-order chi connectivity index (χ1) is 9.22. The van der Waals surface area contributed by atoms with Crippen molar-refractivity contribution in [3.8, 4) is 0 Å². The molecule has 4 nitrogen and oxygen atoms in total. The fraction of sp³-hybridized carbons (Fsp3) is 0.533. The lowest BCUT2D eigenvalue weighted by Crippen LogP contribution is -2.33. The van der Waals surface area contributed by atoms with Crippen LogP contribution in [-0.2, 0) is 6.42 Å². The summed E-state index contributed by atoms with van der Waals surface area (Å²) in [5.74, 6) is -0.00834. The Morgan fingerprint density at radius 1 is 1.53 bits per heavy atom. The van der Waals surface area contributed by atoms with E-state index in [9.17, 15) is 4.79 Å². The highest BCUT2D eigenvalue weighted by Gasteiger charge is 2.18. The van der Waals surface area contributed by atoms with Gasteiger partial charge in [-0.15, -0.1) is 0 Å². The van der Waals surface area contributed by atoms with Gasteiger partial charge in [-0.05, 0) is 50.3 Å². The standard InChI is InChI=1S/C15H22N2O2/c1-11(5-4-10-18)17-15(19)13-6-2-8-14-12(13)7-3-9-16-14/h2,6,8,11,16,18H,3-5,7,9-10H2,1H3,(H,17,19). The number of nitrogens with one attached hydrogen (secondary N) is 2. The third-order valence-electron chi connectivity index (χ3n) is 3.51. The summed E-state index contributed by atoms with van der Waals surface area (Å²) in [5.41, 5.74) is 2.99. The highest BCUT2D eigenvalue weighted by Crippen LogP contribution is 2.25. The molecular formula is C15H22N2O2. The van der Waals surface area contributed by atoms with E-state index in [1.807, 2.05) is 25.1 Å². The molecule has 0 saturated carbocycles. The van der Waals surface area contributed by atoms with Crippen LogP contribution in [0.3, 0.4) is 0 Å². The third kappa shape index (κ3) is 3.47. The average Bonchev–Trinajstić information content (AvgIpc) is 2.44. The molecule has 3 N–H and O–H groups in total. The number of anilines is 1. The Balaban J connectivity index is 2.07. The molecule has 1 atom stereocenters. The molecule has 1 aliphatic heterocycles. The summed E-state index contributed by atoms with van der Waals surface area (Å²) < 4.78 is 0. The molecule has 1 aromatic carbocycles. The summed E-state index contributed by atoms with van der Waals surface area (Å²) in [7, 11) is 0. The number of hydrogen-bond acceptors (Lipinski definition) is 3. The van der Waals surface area contributed by atoms with E-state index >= 15 is 0 Å². The molecule has 0 bridgehead atoms. The van der Waals surface area contributed by atoms with Crippen LogP contribution >= 0.6 is 0 Å². The first-order valence-corrected chi connectivity index (χ1v) is 7.00. The molecule has 1 aromatic rings.